The van der Waals surface area contributed by atoms with Crippen molar-refractivity contribution in [2.75, 3.05) is 0 Å². The molecule has 0 fully saturated rings. The van der Waals surface area contributed by atoms with Crippen molar-refractivity contribution in [1.82, 2.24) is 0 Å². The van der Waals surface area contributed by atoms with Crippen molar-refractivity contribution in [3.8, 4) is 0 Å². The zero-order valence-electron chi connectivity index (χ0n) is 8.64. The second-order valence-corrected chi connectivity index (χ2v) is 4.95. The van der Waals surface area contributed by atoms with Crippen molar-refractivity contribution in [3.05, 3.63) is 34.6 Å². The zero-order chi connectivity index (χ0) is 10.9. The molecule has 0 heterocycles. The first-order chi connectivity index (χ1) is 6.32. The van der Waals surface area contributed by atoms with Crippen LogP contribution < -0.4 is 5.73 Å². The standard InChI is InChI=1S/C11H15ClFN/c1-11(2,3)10(14)8-6-7(12)4-5-9(8)13/h4-6,10H,14H2,1-3H3. The Labute approximate surface area is 89.1 Å². The monoisotopic (exact) mass is 215 g/mol. The third-order valence-electron chi connectivity index (χ3n) is 2.23. The van der Waals surface area contributed by atoms with Gasteiger partial charge in [0, 0.05) is 16.6 Å². The molecular formula is C11H15ClFN. The second-order valence-electron chi connectivity index (χ2n) is 4.51. The lowest BCUT2D eigenvalue weighted by Gasteiger charge is -2.27. The van der Waals surface area contributed by atoms with Crippen LogP contribution in [0.2, 0.25) is 5.02 Å². The van der Waals surface area contributed by atoms with E-state index in [1.54, 1.807) is 6.07 Å². The molecule has 0 radical (unpaired) electrons. The molecule has 1 nitrogen and oxygen atoms in total. The number of hydrogen-bond donors (Lipinski definition) is 1. The molecule has 0 aliphatic heterocycles. The number of hydrogen-bond acceptors (Lipinski definition) is 1. The van der Waals surface area contributed by atoms with Gasteiger partial charge in [-0.1, -0.05) is 32.4 Å². The molecule has 0 aliphatic carbocycles. The Morgan fingerprint density at radius 3 is 2.43 bits per heavy atom. The van der Waals surface area contributed by atoms with Gasteiger partial charge in [0.1, 0.15) is 5.82 Å². The number of benzene rings is 1. The van der Waals surface area contributed by atoms with E-state index in [0.29, 0.717) is 10.6 Å². The van der Waals surface area contributed by atoms with Gasteiger partial charge in [-0.2, -0.15) is 0 Å². The molecule has 0 bridgehead atoms. The Morgan fingerprint density at radius 1 is 1.36 bits per heavy atom. The van der Waals surface area contributed by atoms with Gasteiger partial charge < -0.3 is 5.73 Å². The molecule has 1 rings (SSSR count). The summed E-state index contributed by atoms with van der Waals surface area (Å²) >= 11 is 5.79. The fraction of sp³-hybridized carbons (Fsp3) is 0.455. The molecule has 78 valence electrons. The molecule has 0 aromatic heterocycles. The highest BCUT2D eigenvalue weighted by Gasteiger charge is 2.24. The quantitative estimate of drug-likeness (QED) is 0.762. The summed E-state index contributed by atoms with van der Waals surface area (Å²) in [5, 5.41) is 0.515. The molecule has 0 saturated heterocycles. The van der Waals surface area contributed by atoms with Crippen LogP contribution in [0.15, 0.2) is 18.2 Å². The molecule has 1 atom stereocenters. The SMILES string of the molecule is CC(C)(C)C(N)c1cc(Cl)ccc1F. The minimum Gasteiger partial charge on any atom is -0.323 e. The summed E-state index contributed by atoms with van der Waals surface area (Å²) < 4.78 is 13.4. The van der Waals surface area contributed by atoms with Crippen molar-refractivity contribution >= 4 is 11.6 Å². The van der Waals surface area contributed by atoms with Gasteiger partial charge in [0.25, 0.3) is 0 Å². The van der Waals surface area contributed by atoms with E-state index in [-0.39, 0.29) is 17.3 Å². The summed E-state index contributed by atoms with van der Waals surface area (Å²) in [5.74, 6) is -0.295. The zero-order valence-corrected chi connectivity index (χ0v) is 9.40. The molecule has 1 aromatic rings. The van der Waals surface area contributed by atoms with Crippen molar-refractivity contribution in [3.63, 3.8) is 0 Å². The maximum absolute atomic E-state index is 13.4. The summed E-state index contributed by atoms with van der Waals surface area (Å²) in [6.07, 6.45) is 0. The molecule has 1 aromatic carbocycles. The van der Waals surface area contributed by atoms with Gasteiger partial charge >= 0.3 is 0 Å². The van der Waals surface area contributed by atoms with Gasteiger partial charge in [0.2, 0.25) is 0 Å². The molecule has 0 spiro atoms. The van der Waals surface area contributed by atoms with Crippen LogP contribution in [0.5, 0.6) is 0 Å². The Bertz CT molecular complexity index is 331. The Kier molecular flexibility index (Phi) is 3.17. The van der Waals surface area contributed by atoms with Gasteiger partial charge in [0.15, 0.2) is 0 Å². The van der Waals surface area contributed by atoms with Crippen molar-refractivity contribution < 1.29 is 4.39 Å². The first kappa shape index (κ1) is 11.5. The van der Waals surface area contributed by atoms with E-state index in [4.69, 9.17) is 17.3 Å². The lowest BCUT2D eigenvalue weighted by molar-refractivity contribution is 0.319. The van der Waals surface area contributed by atoms with Gasteiger partial charge in [-0.25, -0.2) is 4.39 Å². The first-order valence-corrected chi connectivity index (χ1v) is 4.90. The Morgan fingerprint density at radius 2 is 1.93 bits per heavy atom. The molecule has 1 unspecified atom stereocenters. The van der Waals surface area contributed by atoms with E-state index in [1.165, 1.54) is 12.1 Å². The average molecular weight is 216 g/mol. The van der Waals surface area contributed by atoms with Crippen molar-refractivity contribution in [2.24, 2.45) is 11.1 Å². The maximum Gasteiger partial charge on any atom is 0.128 e. The summed E-state index contributed by atoms with van der Waals surface area (Å²) in [4.78, 5) is 0. The van der Waals surface area contributed by atoms with Gasteiger partial charge in [0.05, 0.1) is 0 Å². The highest BCUT2D eigenvalue weighted by Crippen LogP contribution is 2.32. The predicted molar refractivity (Wildman–Crippen MR) is 57.8 cm³/mol. The minimum absolute atomic E-state index is 0.175. The lowest BCUT2D eigenvalue weighted by atomic mass is 9.83. The lowest BCUT2D eigenvalue weighted by Crippen LogP contribution is -2.27. The van der Waals surface area contributed by atoms with Crippen LogP contribution >= 0.6 is 11.6 Å². The summed E-state index contributed by atoms with van der Waals surface area (Å²) in [5.41, 5.74) is 6.24. The van der Waals surface area contributed by atoms with E-state index in [0.717, 1.165) is 0 Å². The molecule has 0 aliphatic rings. The molecule has 2 N–H and O–H groups in total. The van der Waals surface area contributed by atoms with Crippen LogP contribution in [0.25, 0.3) is 0 Å². The summed E-state index contributed by atoms with van der Waals surface area (Å²) in [7, 11) is 0. The molecule has 3 heteroatoms. The topological polar surface area (TPSA) is 26.0 Å². The molecule has 0 saturated carbocycles. The number of rotatable bonds is 1. The third-order valence-corrected chi connectivity index (χ3v) is 2.46. The van der Waals surface area contributed by atoms with Crippen molar-refractivity contribution in [2.45, 2.75) is 26.8 Å². The van der Waals surface area contributed by atoms with Gasteiger partial charge in [-0.15, -0.1) is 0 Å². The van der Waals surface area contributed by atoms with E-state index < -0.39 is 0 Å². The fourth-order valence-corrected chi connectivity index (χ4v) is 1.40. The normalized spacial score (nSPS) is 14.1. The fourth-order valence-electron chi connectivity index (χ4n) is 1.22. The minimum atomic E-state index is -0.346. The second kappa shape index (κ2) is 3.87. The van der Waals surface area contributed by atoms with Crippen LogP contribution in [-0.4, -0.2) is 0 Å². The Balaban J connectivity index is 3.12. The van der Waals surface area contributed by atoms with E-state index in [1.807, 2.05) is 20.8 Å². The summed E-state index contributed by atoms with van der Waals surface area (Å²) in [6.45, 7) is 5.91. The number of halogens is 2. The first-order valence-electron chi connectivity index (χ1n) is 4.53. The van der Waals surface area contributed by atoms with Gasteiger partial charge in [-0.3, -0.25) is 0 Å². The van der Waals surface area contributed by atoms with E-state index in [2.05, 4.69) is 0 Å². The molecule has 0 amide bonds. The van der Waals surface area contributed by atoms with Gasteiger partial charge in [-0.05, 0) is 23.6 Å². The van der Waals surface area contributed by atoms with Crippen LogP contribution in [0.1, 0.15) is 32.4 Å². The highest BCUT2D eigenvalue weighted by atomic mass is 35.5. The molecule has 14 heavy (non-hydrogen) atoms. The smallest absolute Gasteiger partial charge is 0.128 e. The summed E-state index contributed by atoms with van der Waals surface area (Å²) in [6, 6.07) is 4.12. The van der Waals surface area contributed by atoms with Crippen LogP contribution in [0, 0.1) is 11.2 Å². The average Bonchev–Trinajstić information content (AvgIpc) is 2.06. The van der Waals surface area contributed by atoms with E-state index in [9.17, 15) is 4.39 Å². The predicted octanol–water partition coefficient (Wildman–Crippen LogP) is 3.53. The van der Waals surface area contributed by atoms with Crippen LogP contribution in [0.3, 0.4) is 0 Å². The number of nitrogens with two attached hydrogens (primary N) is 1. The van der Waals surface area contributed by atoms with Crippen LogP contribution in [0.4, 0.5) is 4.39 Å². The third kappa shape index (κ3) is 2.46. The molecular weight excluding hydrogens is 201 g/mol. The van der Waals surface area contributed by atoms with Crippen LogP contribution in [-0.2, 0) is 0 Å². The largest absolute Gasteiger partial charge is 0.323 e. The Hall–Kier alpha value is -0.600. The van der Waals surface area contributed by atoms with E-state index >= 15 is 0 Å². The highest BCUT2D eigenvalue weighted by molar-refractivity contribution is 6.30. The maximum atomic E-state index is 13.4. The van der Waals surface area contributed by atoms with Crippen molar-refractivity contribution in [1.29, 1.82) is 0 Å².